The van der Waals surface area contributed by atoms with Crippen LogP contribution in [-0.4, -0.2) is 15.2 Å². The average Bonchev–Trinajstić information content (AvgIpc) is 2.83. The molecule has 5 nitrogen and oxygen atoms in total. The molecule has 1 heterocycles. The Hall–Kier alpha value is -1.61. The first-order chi connectivity index (χ1) is 7.79. The maximum atomic E-state index is 8.66. The summed E-state index contributed by atoms with van der Waals surface area (Å²) in [4.78, 5) is 4.00. The van der Waals surface area contributed by atoms with Crippen molar-refractivity contribution in [1.82, 2.24) is 15.2 Å². The summed E-state index contributed by atoms with van der Waals surface area (Å²) in [6.07, 6.45) is 2.11. The molecule has 0 aliphatic heterocycles. The zero-order chi connectivity index (χ0) is 11.4. The SMILES string of the molecule is Cl.Cl.N#Cc1ccc(CC(N)c2ncn[nH]2)cc1. The summed E-state index contributed by atoms with van der Waals surface area (Å²) < 4.78 is 0. The molecule has 18 heavy (non-hydrogen) atoms. The lowest BCUT2D eigenvalue weighted by molar-refractivity contribution is 0.671. The van der Waals surface area contributed by atoms with Gasteiger partial charge in [-0.3, -0.25) is 5.10 Å². The average molecular weight is 286 g/mol. The van der Waals surface area contributed by atoms with Crippen molar-refractivity contribution in [1.29, 1.82) is 5.26 Å². The van der Waals surface area contributed by atoms with Gasteiger partial charge in [0.05, 0.1) is 17.7 Å². The summed E-state index contributed by atoms with van der Waals surface area (Å²) in [5.74, 6) is 0.671. The molecule has 0 fully saturated rings. The summed E-state index contributed by atoms with van der Waals surface area (Å²) >= 11 is 0. The molecule has 0 aliphatic rings. The molecule has 7 heteroatoms. The fourth-order valence-electron chi connectivity index (χ4n) is 1.46. The first kappa shape index (κ1) is 16.4. The number of benzene rings is 1. The standard InChI is InChI=1S/C11H11N5.2ClH/c12-6-9-3-1-8(2-4-9)5-10(13)11-14-7-15-16-11;;/h1-4,7,10H,5,13H2,(H,14,15,16);2*1H. The van der Waals surface area contributed by atoms with Gasteiger partial charge in [0.25, 0.3) is 0 Å². The van der Waals surface area contributed by atoms with E-state index in [0.717, 1.165) is 5.56 Å². The molecule has 3 N–H and O–H groups in total. The van der Waals surface area contributed by atoms with E-state index in [9.17, 15) is 0 Å². The van der Waals surface area contributed by atoms with Crippen molar-refractivity contribution in [2.24, 2.45) is 5.73 Å². The van der Waals surface area contributed by atoms with E-state index < -0.39 is 0 Å². The quantitative estimate of drug-likeness (QED) is 0.899. The predicted molar refractivity (Wildman–Crippen MR) is 72.7 cm³/mol. The monoisotopic (exact) mass is 285 g/mol. The summed E-state index contributed by atoms with van der Waals surface area (Å²) in [5, 5.41) is 15.2. The zero-order valence-electron chi connectivity index (χ0n) is 9.41. The van der Waals surface area contributed by atoms with E-state index in [2.05, 4.69) is 21.3 Å². The summed E-state index contributed by atoms with van der Waals surface area (Å²) in [5.41, 5.74) is 7.67. The van der Waals surface area contributed by atoms with Crippen LogP contribution in [0.15, 0.2) is 30.6 Å². The molecule has 2 aromatic rings. The highest BCUT2D eigenvalue weighted by Gasteiger charge is 2.09. The second-order valence-corrected chi connectivity index (χ2v) is 3.49. The van der Waals surface area contributed by atoms with Crippen LogP contribution >= 0.6 is 24.8 Å². The van der Waals surface area contributed by atoms with E-state index >= 15 is 0 Å². The van der Waals surface area contributed by atoms with E-state index in [0.29, 0.717) is 17.8 Å². The third-order valence-corrected chi connectivity index (χ3v) is 2.32. The van der Waals surface area contributed by atoms with Crippen molar-refractivity contribution in [3.8, 4) is 6.07 Å². The molecule has 1 atom stereocenters. The van der Waals surface area contributed by atoms with Crippen molar-refractivity contribution in [2.75, 3.05) is 0 Å². The maximum absolute atomic E-state index is 8.66. The third kappa shape index (κ3) is 4.00. The lowest BCUT2D eigenvalue weighted by Crippen LogP contribution is -2.15. The Bertz CT molecular complexity index is 489. The second-order valence-electron chi connectivity index (χ2n) is 3.49. The van der Waals surface area contributed by atoms with Crippen LogP contribution < -0.4 is 5.73 Å². The van der Waals surface area contributed by atoms with Gasteiger partial charge in [-0.2, -0.15) is 10.4 Å². The van der Waals surface area contributed by atoms with E-state index in [1.165, 1.54) is 6.33 Å². The minimum absolute atomic E-state index is 0. The summed E-state index contributed by atoms with van der Waals surface area (Å²) in [6.45, 7) is 0. The van der Waals surface area contributed by atoms with Gasteiger partial charge in [0.1, 0.15) is 12.2 Å². The molecule has 0 aliphatic carbocycles. The van der Waals surface area contributed by atoms with E-state index in [-0.39, 0.29) is 30.9 Å². The van der Waals surface area contributed by atoms with Gasteiger partial charge in [0.15, 0.2) is 0 Å². The predicted octanol–water partition coefficient (Wildman–Crippen LogP) is 1.76. The molecule has 0 radical (unpaired) electrons. The number of H-pyrrole nitrogens is 1. The smallest absolute Gasteiger partial charge is 0.141 e. The number of aromatic nitrogens is 3. The van der Waals surface area contributed by atoms with Crippen molar-refractivity contribution in [2.45, 2.75) is 12.5 Å². The van der Waals surface area contributed by atoms with Gasteiger partial charge in [-0.05, 0) is 24.1 Å². The first-order valence-electron chi connectivity index (χ1n) is 4.89. The van der Waals surface area contributed by atoms with Gasteiger partial charge in [-0.15, -0.1) is 24.8 Å². The van der Waals surface area contributed by atoms with Crippen molar-refractivity contribution in [3.63, 3.8) is 0 Å². The second kappa shape index (κ2) is 7.67. The van der Waals surface area contributed by atoms with Gasteiger partial charge in [0.2, 0.25) is 0 Å². The van der Waals surface area contributed by atoms with E-state index in [1.54, 1.807) is 12.1 Å². The molecule has 1 aromatic heterocycles. The topological polar surface area (TPSA) is 91.4 Å². The Morgan fingerprint density at radius 1 is 1.28 bits per heavy atom. The number of aromatic amines is 1. The minimum Gasteiger partial charge on any atom is -0.321 e. The molecule has 96 valence electrons. The number of rotatable bonds is 3. The van der Waals surface area contributed by atoms with Gasteiger partial charge < -0.3 is 5.73 Å². The number of nitrogens with zero attached hydrogens (tertiary/aromatic N) is 3. The van der Waals surface area contributed by atoms with Crippen LogP contribution in [-0.2, 0) is 6.42 Å². The Balaban J connectivity index is 0.00000144. The number of halogens is 2. The third-order valence-electron chi connectivity index (χ3n) is 2.32. The van der Waals surface area contributed by atoms with Crippen LogP contribution in [0.4, 0.5) is 0 Å². The lowest BCUT2D eigenvalue weighted by Gasteiger charge is -2.07. The van der Waals surface area contributed by atoms with Gasteiger partial charge in [-0.25, -0.2) is 4.98 Å². The molecule has 1 aromatic carbocycles. The molecule has 0 amide bonds. The largest absolute Gasteiger partial charge is 0.321 e. The molecule has 0 saturated heterocycles. The highest BCUT2D eigenvalue weighted by atomic mass is 35.5. The molecular formula is C11H13Cl2N5. The highest BCUT2D eigenvalue weighted by Crippen LogP contribution is 2.12. The molecule has 0 saturated carbocycles. The Kier molecular flexibility index (Phi) is 6.98. The van der Waals surface area contributed by atoms with E-state index in [1.807, 2.05) is 12.1 Å². The number of nitrogens with two attached hydrogens (primary N) is 1. The first-order valence-corrected chi connectivity index (χ1v) is 4.89. The van der Waals surface area contributed by atoms with Crippen molar-refractivity contribution >= 4 is 24.8 Å². The van der Waals surface area contributed by atoms with Crippen molar-refractivity contribution in [3.05, 3.63) is 47.5 Å². The normalized spacial score (nSPS) is 10.7. The molecule has 0 spiro atoms. The van der Waals surface area contributed by atoms with Crippen LogP contribution in [0.25, 0.3) is 0 Å². The van der Waals surface area contributed by atoms with Crippen LogP contribution in [0, 0.1) is 11.3 Å². The van der Waals surface area contributed by atoms with Crippen LogP contribution in [0.2, 0.25) is 0 Å². The molecule has 0 bridgehead atoms. The van der Waals surface area contributed by atoms with E-state index in [4.69, 9.17) is 11.0 Å². The Morgan fingerprint density at radius 3 is 2.44 bits per heavy atom. The number of nitriles is 1. The number of nitrogens with one attached hydrogen (secondary N) is 1. The minimum atomic E-state index is -0.199. The fourth-order valence-corrected chi connectivity index (χ4v) is 1.46. The van der Waals surface area contributed by atoms with Gasteiger partial charge >= 0.3 is 0 Å². The van der Waals surface area contributed by atoms with Crippen molar-refractivity contribution < 1.29 is 0 Å². The Labute approximate surface area is 117 Å². The van der Waals surface area contributed by atoms with Gasteiger partial charge in [-0.1, -0.05) is 12.1 Å². The lowest BCUT2D eigenvalue weighted by atomic mass is 10.0. The summed E-state index contributed by atoms with van der Waals surface area (Å²) in [6, 6.07) is 9.23. The summed E-state index contributed by atoms with van der Waals surface area (Å²) in [7, 11) is 0. The Morgan fingerprint density at radius 2 is 1.94 bits per heavy atom. The molecule has 2 rings (SSSR count). The maximum Gasteiger partial charge on any atom is 0.141 e. The van der Waals surface area contributed by atoms with Crippen LogP contribution in [0.1, 0.15) is 23.0 Å². The van der Waals surface area contributed by atoms with Crippen LogP contribution in [0.5, 0.6) is 0 Å². The number of hydrogen-bond donors (Lipinski definition) is 2. The fraction of sp³-hybridized carbons (Fsp3) is 0.182. The zero-order valence-corrected chi connectivity index (χ0v) is 11.0. The molecular weight excluding hydrogens is 273 g/mol. The van der Waals surface area contributed by atoms with Crippen LogP contribution in [0.3, 0.4) is 0 Å². The molecule has 1 unspecified atom stereocenters. The highest BCUT2D eigenvalue weighted by molar-refractivity contribution is 5.85. The number of hydrogen-bond acceptors (Lipinski definition) is 4. The van der Waals surface area contributed by atoms with Gasteiger partial charge in [0, 0.05) is 0 Å².